The summed E-state index contributed by atoms with van der Waals surface area (Å²) >= 11 is 0. The number of carboxylic acid groups (broad SMARTS) is 1. The molecule has 1 heterocycles. The summed E-state index contributed by atoms with van der Waals surface area (Å²) in [6.45, 7) is 1.50. The largest absolute Gasteiger partial charge is 0.478 e. The number of benzene rings is 1. The van der Waals surface area contributed by atoms with Gasteiger partial charge < -0.3 is 10.0 Å². The molecule has 1 atom stereocenters. The summed E-state index contributed by atoms with van der Waals surface area (Å²) in [6, 6.07) is 2.53. The molecule has 0 saturated carbocycles. The lowest BCUT2D eigenvalue weighted by Gasteiger charge is -2.29. The lowest BCUT2D eigenvalue weighted by atomic mass is 10.1. The first-order valence-electron chi connectivity index (χ1n) is 6.53. The van der Waals surface area contributed by atoms with Crippen LogP contribution in [0.5, 0.6) is 0 Å². The van der Waals surface area contributed by atoms with E-state index in [2.05, 4.69) is 4.72 Å². The molecule has 2 N–H and O–H groups in total. The van der Waals surface area contributed by atoms with Crippen LogP contribution in [0.2, 0.25) is 0 Å². The van der Waals surface area contributed by atoms with E-state index in [1.807, 2.05) is 11.9 Å². The van der Waals surface area contributed by atoms with Gasteiger partial charge in [0.25, 0.3) is 0 Å². The summed E-state index contributed by atoms with van der Waals surface area (Å²) in [5, 5.41) is 8.85. The van der Waals surface area contributed by atoms with Gasteiger partial charge in [0.2, 0.25) is 10.0 Å². The molecule has 1 saturated heterocycles. The summed E-state index contributed by atoms with van der Waals surface area (Å²) in [5.74, 6) is -2.46. The van der Waals surface area contributed by atoms with Gasteiger partial charge in [-0.3, -0.25) is 0 Å². The van der Waals surface area contributed by atoms with Crippen LogP contribution in [0, 0.1) is 5.82 Å². The fourth-order valence-corrected chi connectivity index (χ4v) is 3.67. The van der Waals surface area contributed by atoms with Gasteiger partial charge in [-0.25, -0.2) is 22.3 Å². The van der Waals surface area contributed by atoms with E-state index >= 15 is 0 Å². The molecule has 0 spiro atoms. The van der Waals surface area contributed by atoms with Crippen LogP contribution < -0.4 is 4.72 Å². The summed E-state index contributed by atoms with van der Waals surface area (Å²) < 4.78 is 40.4. The second-order valence-corrected chi connectivity index (χ2v) is 6.88. The van der Waals surface area contributed by atoms with Crippen LogP contribution in [0.15, 0.2) is 23.1 Å². The number of carbonyl (C=O) groups is 1. The fourth-order valence-electron chi connectivity index (χ4n) is 2.39. The van der Waals surface area contributed by atoms with Crippen molar-refractivity contribution < 1.29 is 22.7 Å². The van der Waals surface area contributed by atoms with Gasteiger partial charge in [-0.15, -0.1) is 0 Å². The van der Waals surface area contributed by atoms with E-state index in [9.17, 15) is 17.6 Å². The average Bonchev–Trinajstić information content (AvgIpc) is 2.38. The number of hydrogen-bond donors (Lipinski definition) is 2. The van der Waals surface area contributed by atoms with Crippen molar-refractivity contribution in [1.82, 2.24) is 9.62 Å². The highest BCUT2D eigenvalue weighted by atomic mass is 32.2. The van der Waals surface area contributed by atoms with Gasteiger partial charge in [-0.2, -0.15) is 0 Å². The second kappa shape index (κ2) is 6.08. The predicted octanol–water partition coefficient (Wildman–Crippen LogP) is 0.896. The number of hydrogen-bond acceptors (Lipinski definition) is 4. The molecule has 6 nitrogen and oxygen atoms in total. The van der Waals surface area contributed by atoms with Crippen LogP contribution in [0.4, 0.5) is 4.39 Å². The van der Waals surface area contributed by atoms with Crippen molar-refractivity contribution in [1.29, 1.82) is 0 Å². The number of aromatic carboxylic acids is 1. The third-order valence-corrected chi connectivity index (χ3v) is 4.94. The number of carboxylic acids is 1. The Labute approximate surface area is 122 Å². The van der Waals surface area contributed by atoms with Gasteiger partial charge in [0.15, 0.2) is 0 Å². The predicted molar refractivity (Wildman–Crippen MR) is 74.2 cm³/mol. The topological polar surface area (TPSA) is 86.7 Å². The maximum absolute atomic E-state index is 13.3. The molecular weight excluding hydrogens is 299 g/mol. The standard InChI is InChI=1S/C13H17FN2O4S/c1-16-6-2-3-9(8-16)15-21(19,20)10-4-5-12(14)11(7-10)13(17)18/h4-5,7,9,15H,2-3,6,8H2,1H3,(H,17,18). The van der Waals surface area contributed by atoms with Gasteiger partial charge in [0.1, 0.15) is 5.82 Å². The van der Waals surface area contributed by atoms with Crippen molar-refractivity contribution >= 4 is 16.0 Å². The average molecular weight is 316 g/mol. The van der Waals surface area contributed by atoms with Crippen molar-refractivity contribution in [3.8, 4) is 0 Å². The monoisotopic (exact) mass is 316 g/mol. The van der Waals surface area contributed by atoms with Gasteiger partial charge >= 0.3 is 5.97 Å². The molecule has 116 valence electrons. The number of halogens is 1. The minimum absolute atomic E-state index is 0.230. The number of piperidine rings is 1. The Morgan fingerprint density at radius 1 is 1.48 bits per heavy atom. The Hall–Kier alpha value is -1.51. The number of rotatable bonds is 4. The van der Waals surface area contributed by atoms with Crippen molar-refractivity contribution in [3.63, 3.8) is 0 Å². The third kappa shape index (κ3) is 3.78. The highest BCUT2D eigenvalue weighted by Gasteiger charge is 2.25. The molecule has 2 rings (SSSR count). The Morgan fingerprint density at radius 2 is 2.19 bits per heavy atom. The number of likely N-dealkylation sites (N-methyl/N-ethyl adjacent to an activating group) is 1. The SMILES string of the molecule is CN1CCCC(NS(=O)(=O)c2ccc(F)c(C(=O)O)c2)C1. The molecule has 1 aliphatic heterocycles. The molecule has 0 amide bonds. The summed E-state index contributed by atoms with van der Waals surface area (Å²) in [4.78, 5) is 12.6. The van der Waals surface area contributed by atoms with E-state index in [1.54, 1.807) is 0 Å². The first-order valence-corrected chi connectivity index (χ1v) is 8.01. The number of nitrogens with zero attached hydrogens (tertiary/aromatic N) is 1. The van der Waals surface area contributed by atoms with Gasteiger partial charge in [0, 0.05) is 12.6 Å². The Balaban J connectivity index is 2.23. The highest BCUT2D eigenvalue weighted by Crippen LogP contribution is 2.17. The molecule has 1 aromatic rings. The molecule has 0 bridgehead atoms. The minimum atomic E-state index is -3.86. The molecule has 0 aromatic heterocycles. The third-order valence-electron chi connectivity index (χ3n) is 3.42. The molecular formula is C13H17FN2O4S. The van der Waals surface area contributed by atoms with Gasteiger partial charge in [-0.1, -0.05) is 0 Å². The van der Waals surface area contributed by atoms with Crippen molar-refractivity contribution in [2.24, 2.45) is 0 Å². The Kier molecular flexibility index (Phi) is 4.60. The zero-order valence-corrected chi connectivity index (χ0v) is 12.4. The molecule has 1 fully saturated rings. The molecule has 1 aromatic carbocycles. The molecule has 8 heteroatoms. The summed E-state index contributed by atoms with van der Waals surface area (Å²) in [6.07, 6.45) is 1.60. The van der Waals surface area contributed by atoms with E-state index in [1.165, 1.54) is 0 Å². The van der Waals surface area contributed by atoms with E-state index < -0.39 is 27.4 Å². The number of nitrogens with one attached hydrogen (secondary N) is 1. The smallest absolute Gasteiger partial charge is 0.338 e. The lowest BCUT2D eigenvalue weighted by molar-refractivity contribution is 0.0691. The van der Waals surface area contributed by atoms with E-state index in [0.717, 1.165) is 37.6 Å². The van der Waals surface area contributed by atoms with Crippen LogP contribution in [-0.4, -0.2) is 50.6 Å². The normalized spacial score (nSPS) is 20.4. The molecule has 0 aliphatic carbocycles. The maximum atomic E-state index is 13.3. The first-order chi connectivity index (χ1) is 9.79. The zero-order valence-electron chi connectivity index (χ0n) is 11.5. The number of sulfonamides is 1. The Morgan fingerprint density at radius 3 is 2.81 bits per heavy atom. The van der Waals surface area contributed by atoms with E-state index in [-0.39, 0.29) is 10.9 Å². The van der Waals surface area contributed by atoms with E-state index in [0.29, 0.717) is 6.54 Å². The molecule has 21 heavy (non-hydrogen) atoms. The van der Waals surface area contributed by atoms with Crippen molar-refractivity contribution in [2.75, 3.05) is 20.1 Å². The van der Waals surface area contributed by atoms with Gasteiger partial charge in [0.05, 0.1) is 10.5 Å². The van der Waals surface area contributed by atoms with Crippen LogP contribution in [0.1, 0.15) is 23.2 Å². The maximum Gasteiger partial charge on any atom is 0.338 e. The lowest BCUT2D eigenvalue weighted by Crippen LogP contribution is -2.46. The van der Waals surface area contributed by atoms with Crippen LogP contribution in [0.3, 0.4) is 0 Å². The van der Waals surface area contributed by atoms with Crippen LogP contribution >= 0.6 is 0 Å². The van der Waals surface area contributed by atoms with Crippen molar-refractivity contribution in [3.05, 3.63) is 29.6 Å². The van der Waals surface area contributed by atoms with Crippen LogP contribution in [0.25, 0.3) is 0 Å². The quantitative estimate of drug-likeness (QED) is 0.862. The fraction of sp³-hybridized carbons (Fsp3) is 0.462. The molecule has 0 radical (unpaired) electrons. The number of likely N-dealkylation sites (tertiary alicyclic amines) is 1. The van der Waals surface area contributed by atoms with Crippen LogP contribution in [-0.2, 0) is 10.0 Å². The first kappa shape index (κ1) is 15.9. The van der Waals surface area contributed by atoms with Crippen molar-refractivity contribution in [2.45, 2.75) is 23.8 Å². The minimum Gasteiger partial charge on any atom is -0.478 e. The highest BCUT2D eigenvalue weighted by molar-refractivity contribution is 7.89. The van der Waals surface area contributed by atoms with E-state index in [4.69, 9.17) is 5.11 Å². The summed E-state index contributed by atoms with van der Waals surface area (Å²) in [7, 11) is -1.96. The molecule has 1 unspecified atom stereocenters. The second-order valence-electron chi connectivity index (χ2n) is 5.17. The Bertz CT molecular complexity index is 648. The van der Waals surface area contributed by atoms with Gasteiger partial charge in [-0.05, 0) is 44.6 Å². The summed E-state index contributed by atoms with van der Waals surface area (Å²) in [5.41, 5.74) is -0.654. The zero-order chi connectivity index (χ0) is 15.6. The molecule has 1 aliphatic rings.